The van der Waals surface area contributed by atoms with Crippen molar-refractivity contribution in [3.05, 3.63) is 0 Å². The summed E-state index contributed by atoms with van der Waals surface area (Å²) in [6, 6.07) is 0. The molecule has 1 amide bonds. The van der Waals surface area contributed by atoms with Crippen LogP contribution in [0.25, 0.3) is 0 Å². The summed E-state index contributed by atoms with van der Waals surface area (Å²) < 4.78 is 0. The van der Waals surface area contributed by atoms with E-state index >= 15 is 0 Å². The van der Waals surface area contributed by atoms with Crippen molar-refractivity contribution in [1.29, 1.82) is 0 Å². The molecule has 0 aromatic heterocycles. The second-order valence-corrected chi connectivity index (χ2v) is 5.04. The number of hydrogen-bond donors (Lipinski definition) is 1. The first-order valence-electron chi connectivity index (χ1n) is 5.84. The predicted molar refractivity (Wildman–Crippen MR) is 53.8 cm³/mol. The third-order valence-corrected chi connectivity index (χ3v) is 3.94. The molecule has 2 heterocycles. The van der Waals surface area contributed by atoms with Gasteiger partial charge in [-0.25, -0.2) is 0 Å². The van der Waals surface area contributed by atoms with Crippen molar-refractivity contribution in [3.63, 3.8) is 0 Å². The Hall–Kier alpha value is -0.570. The van der Waals surface area contributed by atoms with Gasteiger partial charge in [0.1, 0.15) is 0 Å². The van der Waals surface area contributed by atoms with Gasteiger partial charge in [0, 0.05) is 19.6 Å². The van der Waals surface area contributed by atoms with Gasteiger partial charge < -0.3 is 10.2 Å². The van der Waals surface area contributed by atoms with E-state index in [0.29, 0.717) is 5.91 Å². The van der Waals surface area contributed by atoms with Crippen molar-refractivity contribution in [3.8, 4) is 0 Å². The van der Waals surface area contributed by atoms with Gasteiger partial charge in [-0.1, -0.05) is 0 Å². The van der Waals surface area contributed by atoms with Crippen LogP contribution in [0.4, 0.5) is 0 Å². The average Bonchev–Trinajstić information content (AvgIpc) is 2.86. The number of hydrogen-bond acceptors (Lipinski definition) is 2. The zero-order valence-electron chi connectivity index (χ0n) is 8.54. The summed E-state index contributed by atoms with van der Waals surface area (Å²) in [4.78, 5) is 14.2. The standard InChI is InChI=1S/C11H18N2O/c14-11(8-2-1-3-12-5-8)13-6-9-4-10(9)7-13/h8-10,12H,1-7H2/t8-,9?,10?/m1/s1. The lowest BCUT2D eigenvalue weighted by Crippen LogP contribution is -2.42. The maximum atomic E-state index is 12.1. The van der Waals surface area contributed by atoms with Crippen LogP contribution in [0.1, 0.15) is 19.3 Å². The number of rotatable bonds is 1. The number of nitrogens with one attached hydrogen (secondary N) is 1. The number of fused-ring (bicyclic) bond motifs is 1. The Morgan fingerprint density at radius 2 is 2.07 bits per heavy atom. The first kappa shape index (κ1) is 8.72. The molecule has 3 rings (SSSR count). The van der Waals surface area contributed by atoms with Crippen LogP contribution in [0, 0.1) is 17.8 Å². The Morgan fingerprint density at radius 1 is 1.29 bits per heavy atom. The Kier molecular flexibility index (Phi) is 2.01. The number of likely N-dealkylation sites (tertiary alicyclic amines) is 1. The third-order valence-electron chi connectivity index (χ3n) is 3.94. The van der Waals surface area contributed by atoms with Crippen LogP contribution in [0.5, 0.6) is 0 Å². The van der Waals surface area contributed by atoms with Crippen molar-refractivity contribution in [2.45, 2.75) is 19.3 Å². The second kappa shape index (κ2) is 3.23. The number of carbonyl (C=O) groups excluding carboxylic acids is 1. The van der Waals surface area contributed by atoms with Gasteiger partial charge in [0.25, 0.3) is 0 Å². The van der Waals surface area contributed by atoms with E-state index in [1.807, 2.05) is 0 Å². The molecule has 14 heavy (non-hydrogen) atoms. The first-order chi connectivity index (χ1) is 6.84. The molecule has 0 aromatic carbocycles. The van der Waals surface area contributed by atoms with Crippen molar-refractivity contribution < 1.29 is 4.79 Å². The normalized spacial score (nSPS) is 40.9. The Balaban J connectivity index is 1.58. The van der Waals surface area contributed by atoms with Gasteiger partial charge >= 0.3 is 0 Å². The maximum absolute atomic E-state index is 12.1. The van der Waals surface area contributed by atoms with Gasteiger partial charge in [-0.05, 0) is 37.6 Å². The molecule has 2 unspecified atom stereocenters. The van der Waals surface area contributed by atoms with Gasteiger partial charge in [0.15, 0.2) is 0 Å². The zero-order valence-corrected chi connectivity index (χ0v) is 8.54. The van der Waals surface area contributed by atoms with Crippen LogP contribution in [-0.4, -0.2) is 37.0 Å². The van der Waals surface area contributed by atoms with E-state index in [9.17, 15) is 4.79 Å². The molecule has 78 valence electrons. The Bertz CT molecular complexity index is 234. The highest BCUT2D eigenvalue weighted by molar-refractivity contribution is 5.79. The predicted octanol–water partition coefficient (Wildman–Crippen LogP) is 0.464. The average molecular weight is 194 g/mol. The molecule has 0 bridgehead atoms. The van der Waals surface area contributed by atoms with Crippen molar-refractivity contribution in [1.82, 2.24) is 10.2 Å². The molecule has 2 aliphatic heterocycles. The molecule has 3 aliphatic rings. The highest BCUT2D eigenvalue weighted by Gasteiger charge is 2.47. The quantitative estimate of drug-likeness (QED) is 0.658. The van der Waals surface area contributed by atoms with Gasteiger partial charge in [0.2, 0.25) is 5.91 Å². The van der Waals surface area contributed by atoms with Crippen LogP contribution in [0.15, 0.2) is 0 Å². The molecule has 0 radical (unpaired) electrons. The third kappa shape index (κ3) is 1.44. The molecule has 1 N–H and O–H groups in total. The largest absolute Gasteiger partial charge is 0.342 e. The molecule has 3 nitrogen and oxygen atoms in total. The summed E-state index contributed by atoms with van der Waals surface area (Å²) in [5, 5.41) is 3.31. The molecule has 3 atom stereocenters. The van der Waals surface area contributed by atoms with Crippen molar-refractivity contribution in [2.75, 3.05) is 26.2 Å². The zero-order chi connectivity index (χ0) is 9.54. The van der Waals surface area contributed by atoms with Crippen molar-refractivity contribution in [2.24, 2.45) is 17.8 Å². The van der Waals surface area contributed by atoms with Crippen molar-refractivity contribution >= 4 is 5.91 Å². The fourth-order valence-corrected chi connectivity index (χ4v) is 2.90. The van der Waals surface area contributed by atoms with Crippen LogP contribution in [0.3, 0.4) is 0 Å². The van der Waals surface area contributed by atoms with Gasteiger partial charge in [-0.15, -0.1) is 0 Å². The van der Waals surface area contributed by atoms with Gasteiger partial charge in [-0.3, -0.25) is 4.79 Å². The SMILES string of the molecule is O=C([C@@H]1CCCNC1)N1CC2CC2C1. The number of amides is 1. The highest BCUT2D eigenvalue weighted by atomic mass is 16.2. The van der Waals surface area contributed by atoms with E-state index < -0.39 is 0 Å². The molecular formula is C11H18N2O. The highest BCUT2D eigenvalue weighted by Crippen LogP contribution is 2.45. The van der Waals surface area contributed by atoms with Crippen LogP contribution in [0.2, 0.25) is 0 Å². The molecule has 3 heteroatoms. The summed E-state index contributed by atoms with van der Waals surface area (Å²) in [5.41, 5.74) is 0. The molecule has 0 aromatic rings. The maximum Gasteiger partial charge on any atom is 0.226 e. The lowest BCUT2D eigenvalue weighted by molar-refractivity contribution is -0.135. The van der Waals surface area contributed by atoms with E-state index in [1.54, 1.807) is 0 Å². The smallest absolute Gasteiger partial charge is 0.226 e. The molecule has 2 saturated heterocycles. The number of nitrogens with zero attached hydrogens (tertiary/aromatic N) is 1. The second-order valence-electron chi connectivity index (χ2n) is 5.04. The minimum atomic E-state index is 0.279. The van der Waals surface area contributed by atoms with Crippen LogP contribution >= 0.6 is 0 Å². The summed E-state index contributed by atoms with van der Waals surface area (Å²) in [5.74, 6) is 2.44. The van der Waals surface area contributed by atoms with E-state index in [2.05, 4.69) is 10.2 Å². The van der Waals surface area contributed by atoms with E-state index in [4.69, 9.17) is 0 Å². The molecule has 1 aliphatic carbocycles. The number of piperidine rings is 2. The summed E-state index contributed by atoms with van der Waals surface area (Å²) in [7, 11) is 0. The lowest BCUT2D eigenvalue weighted by Gasteiger charge is -2.27. The van der Waals surface area contributed by atoms with E-state index in [0.717, 1.165) is 50.9 Å². The minimum absolute atomic E-state index is 0.279. The molecular weight excluding hydrogens is 176 g/mol. The van der Waals surface area contributed by atoms with Crippen LogP contribution < -0.4 is 5.32 Å². The molecule has 0 spiro atoms. The van der Waals surface area contributed by atoms with E-state index in [-0.39, 0.29) is 5.92 Å². The lowest BCUT2D eigenvalue weighted by atomic mass is 9.98. The van der Waals surface area contributed by atoms with Gasteiger partial charge in [-0.2, -0.15) is 0 Å². The summed E-state index contributed by atoms with van der Waals surface area (Å²) in [6.45, 7) is 4.11. The Morgan fingerprint density at radius 3 is 2.71 bits per heavy atom. The monoisotopic (exact) mass is 194 g/mol. The first-order valence-corrected chi connectivity index (χ1v) is 5.84. The summed E-state index contributed by atoms with van der Waals surface area (Å²) >= 11 is 0. The minimum Gasteiger partial charge on any atom is -0.342 e. The fraction of sp³-hybridized carbons (Fsp3) is 0.909. The molecule has 1 saturated carbocycles. The van der Waals surface area contributed by atoms with Crippen LogP contribution in [-0.2, 0) is 4.79 Å². The number of carbonyl (C=O) groups is 1. The van der Waals surface area contributed by atoms with Gasteiger partial charge in [0.05, 0.1) is 5.92 Å². The van der Waals surface area contributed by atoms with E-state index in [1.165, 1.54) is 6.42 Å². The fourth-order valence-electron chi connectivity index (χ4n) is 2.90. The summed E-state index contributed by atoms with van der Waals surface area (Å²) in [6.07, 6.45) is 3.64. The topological polar surface area (TPSA) is 32.3 Å². The Labute approximate surface area is 84.8 Å². The molecule has 3 fully saturated rings.